The van der Waals surface area contributed by atoms with Crippen molar-refractivity contribution in [1.82, 2.24) is 4.90 Å². The molecule has 0 N–H and O–H groups in total. The summed E-state index contributed by atoms with van der Waals surface area (Å²) in [7, 11) is 0. The van der Waals surface area contributed by atoms with Crippen LogP contribution in [-0.2, 0) is 22.2 Å². The number of carbonyl (C=O) groups excluding carboxylic acids is 1. The summed E-state index contributed by atoms with van der Waals surface area (Å²) < 4.78 is 5.24. The second-order valence-electron chi connectivity index (χ2n) is 3.70. The van der Waals surface area contributed by atoms with Crippen LogP contribution in [0.3, 0.4) is 0 Å². The van der Waals surface area contributed by atoms with Crippen molar-refractivity contribution in [3.8, 4) is 11.8 Å². The highest BCUT2D eigenvalue weighted by Crippen LogP contribution is 2.14. The van der Waals surface area contributed by atoms with E-state index in [9.17, 15) is 4.79 Å². The van der Waals surface area contributed by atoms with Crippen LogP contribution in [0.2, 0.25) is 0 Å². The van der Waals surface area contributed by atoms with Gasteiger partial charge >= 0.3 is 0 Å². The summed E-state index contributed by atoms with van der Waals surface area (Å²) in [4.78, 5) is 12.8. The van der Waals surface area contributed by atoms with Gasteiger partial charge in [0.05, 0.1) is 23.9 Å². The zero-order chi connectivity index (χ0) is 10.6. The molecule has 0 aromatic rings. The Morgan fingerprint density at radius 2 is 2.00 bits per heavy atom. The minimum Gasteiger partial charge on any atom is -0.728 e. The summed E-state index contributed by atoms with van der Waals surface area (Å²) in [5, 5.41) is -0.494. The van der Waals surface area contributed by atoms with Crippen LogP contribution in [0, 0.1) is 11.8 Å². The van der Waals surface area contributed by atoms with Gasteiger partial charge in [0.1, 0.15) is 0 Å². The SMILES string of the molecule is CC(C)(C#CC(=O)[S-])N1CCOCC1. The number of carbonyl (C=O) groups is 1. The second-order valence-corrected chi connectivity index (χ2v) is 4.07. The summed E-state index contributed by atoms with van der Waals surface area (Å²) in [5.41, 5.74) is -0.293. The third-order valence-electron chi connectivity index (χ3n) is 2.27. The first kappa shape index (κ1) is 11.4. The fourth-order valence-electron chi connectivity index (χ4n) is 1.41. The summed E-state index contributed by atoms with van der Waals surface area (Å²) >= 11 is 4.39. The molecule has 1 aliphatic heterocycles. The van der Waals surface area contributed by atoms with Gasteiger partial charge in [-0.05, 0) is 13.8 Å². The van der Waals surface area contributed by atoms with Gasteiger partial charge < -0.3 is 22.2 Å². The Labute approximate surface area is 90.2 Å². The molecule has 0 spiro atoms. The largest absolute Gasteiger partial charge is 0.728 e. The molecule has 1 saturated heterocycles. The molecule has 1 fully saturated rings. The van der Waals surface area contributed by atoms with E-state index in [0.29, 0.717) is 0 Å². The van der Waals surface area contributed by atoms with E-state index in [-0.39, 0.29) is 5.54 Å². The molecule has 0 aromatic carbocycles. The molecule has 0 unspecified atom stereocenters. The van der Waals surface area contributed by atoms with E-state index in [0.717, 1.165) is 26.3 Å². The van der Waals surface area contributed by atoms with Crippen LogP contribution in [0.4, 0.5) is 0 Å². The smallest absolute Gasteiger partial charge is 0.0856 e. The van der Waals surface area contributed by atoms with Crippen LogP contribution >= 0.6 is 0 Å². The number of rotatable bonds is 1. The van der Waals surface area contributed by atoms with Crippen molar-refractivity contribution in [2.75, 3.05) is 26.3 Å². The van der Waals surface area contributed by atoms with E-state index in [1.165, 1.54) is 0 Å². The van der Waals surface area contributed by atoms with Gasteiger partial charge in [0.25, 0.3) is 0 Å². The molecule has 14 heavy (non-hydrogen) atoms. The molecule has 0 aliphatic carbocycles. The van der Waals surface area contributed by atoms with Crippen LogP contribution in [-0.4, -0.2) is 41.9 Å². The molecular weight excluding hydrogens is 198 g/mol. The predicted molar refractivity (Wildman–Crippen MR) is 56.6 cm³/mol. The first-order valence-corrected chi connectivity index (χ1v) is 5.00. The van der Waals surface area contributed by atoms with Crippen LogP contribution in [0.25, 0.3) is 0 Å². The number of hydrogen-bond donors (Lipinski definition) is 0. The Morgan fingerprint density at radius 3 is 2.50 bits per heavy atom. The Hall–Kier alpha value is -0.630. The van der Waals surface area contributed by atoms with Crippen molar-refractivity contribution in [1.29, 1.82) is 0 Å². The van der Waals surface area contributed by atoms with Gasteiger partial charge in [-0.1, -0.05) is 11.8 Å². The molecule has 1 aliphatic rings. The van der Waals surface area contributed by atoms with E-state index < -0.39 is 5.12 Å². The maximum atomic E-state index is 10.6. The van der Waals surface area contributed by atoms with Crippen LogP contribution in [0.5, 0.6) is 0 Å². The molecule has 78 valence electrons. The van der Waals surface area contributed by atoms with Crippen molar-refractivity contribution >= 4 is 17.7 Å². The Bertz CT molecular complexity index is 272. The maximum absolute atomic E-state index is 10.6. The van der Waals surface area contributed by atoms with Crippen molar-refractivity contribution in [3.05, 3.63) is 0 Å². The summed E-state index contributed by atoms with van der Waals surface area (Å²) in [6.45, 7) is 7.15. The van der Waals surface area contributed by atoms with E-state index in [4.69, 9.17) is 4.74 Å². The molecule has 0 amide bonds. The van der Waals surface area contributed by atoms with Crippen molar-refractivity contribution in [3.63, 3.8) is 0 Å². The van der Waals surface area contributed by atoms with E-state index in [2.05, 4.69) is 29.4 Å². The fourth-order valence-corrected chi connectivity index (χ4v) is 1.46. The minimum atomic E-state index is -0.494. The van der Waals surface area contributed by atoms with Crippen LogP contribution < -0.4 is 0 Å². The molecule has 0 saturated carbocycles. The van der Waals surface area contributed by atoms with Gasteiger partial charge in [-0.3, -0.25) is 4.90 Å². The Morgan fingerprint density at radius 1 is 1.43 bits per heavy atom. The number of ether oxygens (including phenoxy) is 1. The molecule has 0 bridgehead atoms. The van der Waals surface area contributed by atoms with E-state index in [1.54, 1.807) is 0 Å². The van der Waals surface area contributed by atoms with Gasteiger partial charge in [-0.25, -0.2) is 0 Å². The quantitative estimate of drug-likeness (QED) is 0.458. The predicted octanol–water partition coefficient (Wildman–Crippen LogP) is 0.174. The lowest BCUT2D eigenvalue weighted by molar-refractivity contribution is -0.106. The molecule has 1 rings (SSSR count). The summed E-state index contributed by atoms with van der Waals surface area (Å²) in [6.07, 6.45) is 0. The van der Waals surface area contributed by atoms with Gasteiger partial charge in [0.15, 0.2) is 0 Å². The standard InChI is InChI=1S/C10H15NO2S/c1-10(2,4-3-9(12)14)11-5-7-13-8-6-11/h5-8H2,1-2H3,(H,12,14)/p-1. The Balaban J connectivity index is 2.64. The summed E-state index contributed by atoms with van der Waals surface area (Å²) in [6, 6.07) is 0. The lowest BCUT2D eigenvalue weighted by atomic mass is 10.0. The summed E-state index contributed by atoms with van der Waals surface area (Å²) in [5.74, 6) is 5.32. The average Bonchev–Trinajstić information content (AvgIpc) is 2.16. The monoisotopic (exact) mass is 212 g/mol. The van der Waals surface area contributed by atoms with Crippen molar-refractivity contribution in [2.24, 2.45) is 0 Å². The second kappa shape index (κ2) is 4.74. The molecule has 0 radical (unpaired) electrons. The maximum Gasteiger partial charge on any atom is 0.0856 e. The first-order valence-electron chi connectivity index (χ1n) is 4.59. The van der Waals surface area contributed by atoms with Gasteiger partial charge in [-0.2, -0.15) is 0 Å². The van der Waals surface area contributed by atoms with Gasteiger partial charge in [0.2, 0.25) is 0 Å². The third kappa shape index (κ3) is 3.26. The highest BCUT2D eigenvalue weighted by molar-refractivity contribution is 7.78. The Kier molecular flexibility index (Phi) is 3.87. The topological polar surface area (TPSA) is 29.5 Å². The van der Waals surface area contributed by atoms with Crippen LogP contribution in [0.1, 0.15) is 13.8 Å². The van der Waals surface area contributed by atoms with Gasteiger partial charge in [-0.15, -0.1) is 0 Å². The zero-order valence-electron chi connectivity index (χ0n) is 8.50. The van der Waals surface area contributed by atoms with E-state index >= 15 is 0 Å². The fraction of sp³-hybridized carbons (Fsp3) is 0.700. The molecular formula is C10H14NO2S-. The normalized spacial score (nSPS) is 18.4. The van der Waals surface area contributed by atoms with Gasteiger partial charge in [0, 0.05) is 13.1 Å². The lowest BCUT2D eigenvalue weighted by Gasteiger charge is -2.37. The highest BCUT2D eigenvalue weighted by Gasteiger charge is 2.25. The molecule has 0 aromatic heterocycles. The molecule has 1 heterocycles. The number of nitrogens with zero attached hydrogens (tertiary/aromatic N) is 1. The van der Waals surface area contributed by atoms with Crippen molar-refractivity contribution < 1.29 is 9.53 Å². The van der Waals surface area contributed by atoms with Crippen molar-refractivity contribution in [2.45, 2.75) is 19.4 Å². The molecule has 4 heteroatoms. The average molecular weight is 212 g/mol. The molecule has 0 atom stereocenters. The number of morpholine rings is 1. The number of hydrogen-bond acceptors (Lipinski definition) is 4. The van der Waals surface area contributed by atoms with E-state index in [1.807, 2.05) is 13.8 Å². The van der Waals surface area contributed by atoms with Crippen LogP contribution in [0.15, 0.2) is 0 Å². The zero-order valence-corrected chi connectivity index (χ0v) is 9.32. The lowest BCUT2D eigenvalue weighted by Crippen LogP contribution is -2.49. The highest BCUT2D eigenvalue weighted by atomic mass is 32.1. The third-order valence-corrected chi connectivity index (χ3v) is 2.37. The minimum absolute atomic E-state index is 0.293. The first-order chi connectivity index (χ1) is 6.52. The molecule has 3 nitrogen and oxygen atoms in total.